The smallest absolute Gasteiger partial charge is 0.243 e. The molecule has 1 aliphatic heterocycles. The first-order chi connectivity index (χ1) is 11.5. The van der Waals surface area contributed by atoms with Crippen LogP contribution in [0, 0.1) is 5.92 Å². The topological polar surface area (TPSA) is 114 Å². The van der Waals surface area contributed by atoms with Gasteiger partial charge >= 0.3 is 0 Å². The van der Waals surface area contributed by atoms with Crippen molar-refractivity contribution in [1.29, 1.82) is 0 Å². The molecule has 0 spiro atoms. The molecule has 0 unspecified atom stereocenters. The number of pyridine rings is 1. The van der Waals surface area contributed by atoms with Crippen LogP contribution in [0.1, 0.15) is 12.8 Å². The number of nitrogens with zero attached hydrogens (tertiary/aromatic N) is 4. The molecule has 0 saturated carbocycles. The van der Waals surface area contributed by atoms with Crippen LogP contribution in [0.2, 0.25) is 0 Å². The van der Waals surface area contributed by atoms with Crippen LogP contribution in [0.3, 0.4) is 0 Å². The van der Waals surface area contributed by atoms with Crippen molar-refractivity contribution in [2.24, 2.45) is 5.92 Å². The highest BCUT2D eigenvalue weighted by Gasteiger charge is 2.22. The lowest BCUT2D eigenvalue weighted by atomic mass is 9.97. The van der Waals surface area contributed by atoms with Gasteiger partial charge < -0.3 is 10.6 Å². The van der Waals surface area contributed by atoms with E-state index in [1.165, 1.54) is 12.4 Å². The molecule has 0 bridgehead atoms. The Hall–Kier alpha value is -2.26. The van der Waals surface area contributed by atoms with E-state index in [4.69, 9.17) is 5.73 Å². The minimum absolute atomic E-state index is 0.0333. The third kappa shape index (κ3) is 3.98. The first-order valence-electron chi connectivity index (χ1n) is 7.77. The Morgan fingerprint density at radius 3 is 2.42 bits per heavy atom. The van der Waals surface area contributed by atoms with Crippen LogP contribution in [0.25, 0.3) is 0 Å². The Morgan fingerprint density at radius 1 is 1.17 bits per heavy atom. The van der Waals surface area contributed by atoms with E-state index in [0.29, 0.717) is 12.5 Å². The molecule has 1 aliphatic rings. The predicted molar refractivity (Wildman–Crippen MR) is 90.8 cm³/mol. The summed E-state index contributed by atoms with van der Waals surface area (Å²) < 4.78 is 27.1. The Morgan fingerprint density at radius 2 is 1.79 bits per heavy atom. The predicted octanol–water partition coefficient (Wildman–Crippen LogP) is 0.649. The molecule has 9 heteroatoms. The maximum absolute atomic E-state index is 12.2. The fraction of sp³-hybridized carbons (Fsp3) is 0.400. The van der Waals surface area contributed by atoms with E-state index < -0.39 is 10.0 Å². The first kappa shape index (κ1) is 16.6. The van der Waals surface area contributed by atoms with Gasteiger partial charge in [0.1, 0.15) is 4.90 Å². The molecule has 1 fully saturated rings. The zero-order valence-corrected chi connectivity index (χ0v) is 14.0. The molecule has 24 heavy (non-hydrogen) atoms. The number of nitrogens with one attached hydrogen (secondary N) is 1. The van der Waals surface area contributed by atoms with Crippen LogP contribution in [0.4, 0.5) is 11.6 Å². The summed E-state index contributed by atoms with van der Waals surface area (Å²) in [5, 5.41) is 0. The number of nitrogen functional groups attached to an aromatic ring is 1. The summed E-state index contributed by atoms with van der Waals surface area (Å²) >= 11 is 0. The summed E-state index contributed by atoms with van der Waals surface area (Å²) in [5.41, 5.74) is 6.53. The van der Waals surface area contributed by atoms with Crippen LogP contribution < -0.4 is 15.4 Å². The normalized spacial score (nSPS) is 16.2. The number of aromatic nitrogens is 3. The molecule has 0 aliphatic carbocycles. The third-order valence-electron chi connectivity index (χ3n) is 4.16. The molecule has 0 atom stereocenters. The lowest BCUT2D eigenvalue weighted by Crippen LogP contribution is -2.38. The number of hydrogen-bond acceptors (Lipinski definition) is 7. The monoisotopic (exact) mass is 348 g/mol. The second kappa shape index (κ2) is 7.10. The van der Waals surface area contributed by atoms with Gasteiger partial charge in [0.25, 0.3) is 0 Å². The number of nitrogens with two attached hydrogens (primary N) is 1. The summed E-state index contributed by atoms with van der Waals surface area (Å²) in [6, 6.07) is 3.98. The van der Waals surface area contributed by atoms with E-state index in [2.05, 4.69) is 24.6 Å². The molecule has 3 rings (SSSR count). The largest absolute Gasteiger partial charge is 0.371 e. The number of hydrogen-bond donors (Lipinski definition) is 2. The fourth-order valence-electron chi connectivity index (χ4n) is 2.73. The molecule has 128 valence electrons. The van der Waals surface area contributed by atoms with E-state index in [9.17, 15) is 8.42 Å². The van der Waals surface area contributed by atoms with E-state index in [-0.39, 0.29) is 10.8 Å². The van der Waals surface area contributed by atoms with Crippen molar-refractivity contribution >= 4 is 21.7 Å². The van der Waals surface area contributed by atoms with Crippen LogP contribution in [0.15, 0.2) is 41.8 Å². The van der Waals surface area contributed by atoms with Crippen molar-refractivity contribution in [3.8, 4) is 0 Å². The molecular weight excluding hydrogens is 328 g/mol. The second-order valence-electron chi connectivity index (χ2n) is 5.76. The standard InChI is InChI=1S/C15H20N6O2S/c16-15-18-10-14(11-19-15)24(22,23)20-9-12-3-7-21(8-4-12)13-1-5-17-6-2-13/h1-2,5-6,10-12,20H,3-4,7-9H2,(H2,16,18,19). The minimum Gasteiger partial charge on any atom is -0.371 e. The van der Waals surface area contributed by atoms with Crippen molar-refractivity contribution in [2.45, 2.75) is 17.7 Å². The number of piperidine rings is 1. The van der Waals surface area contributed by atoms with Gasteiger partial charge in [-0.25, -0.2) is 23.1 Å². The van der Waals surface area contributed by atoms with Gasteiger partial charge in [0.15, 0.2) is 0 Å². The highest BCUT2D eigenvalue weighted by molar-refractivity contribution is 7.89. The number of sulfonamides is 1. The molecule has 1 saturated heterocycles. The fourth-order valence-corrected chi connectivity index (χ4v) is 3.73. The Bertz CT molecular complexity index is 758. The van der Waals surface area contributed by atoms with Gasteiger partial charge in [-0.15, -0.1) is 0 Å². The Kier molecular flexibility index (Phi) is 4.91. The molecule has 2 aromatic rings. The maximum atomic E-state index is 12.2. The Labute approximate surface area is 141 Å². The van der Waals surface area contributed by atoms with Crippen molar-refractivity contribution in [3.63, 3.8) is 0 Å². The average Bonchev–Trinajstić information content (AvgIpc) is 2.62. The van der Waals surface area contributed by atoms with Gasteiger partial charge in [0.2, 0.25) is 16.0 Å². The molecule has 0 aromatic carbocycles. The van der Waals surface area contributed by atoms with Crippen molar-refractivity contribution < 1.29 is 8.42 Å². The average molecular weight is 348 g/mol. The van der Waals surface area contributed by atoms with Gasteiger partial charge in [-0.3, -0.25) is 4.98 Å². The lowest BCUT2D eigenvalue weighted by molar-refractivity contribution is 0.402. The summed E-state index contributed by atoms with van der Waals surface area (Å²) in [7, 11) is -3.59. The molecular formula is C15H20N6O2S. The molecule has 3 N–H and O–H groups in total. The second-order valence-corrected chi connectivity index (χ2v) is 7.53. The van der Waals surface area contributed by atoms with Crippen molar-refractivity contribution in [1.82, 2.24) is 19.7 Å². The number of anilines is 2. The molecule has 2 aromatic heterocycles. The summed E-state index contributed by atoms with van der Waals surface area (Å²) in [6.45, 7) is 2.22. The highest BCUT2D eigenvalue weighted by Crippen LogP contribution is 2.22. The minimum atomic E-state index is -3.59. The molecule has 0 amide bonds. The molecule has 8 nitrogen and oxygen atoms in total. The van der Waals surface area contributed by atoms with E-state index >= 15 is 0 Å². The SMILES string of the molecule is Nc1ncc(S(=O)(=O)NCC2CCN(c3ccncc3)CC2)cn1. The molecule has 3 heterocycles. The summed E-state index contributed by atoms with van der Waals surface area (Å²) in [4.78, 5) is 13.8. The molecule has 0 radical (unpaired) electrons. The van der Waals surface area contributed by atoms with Crippen molar-refractivity contribution in [2.75, 3.05) is 30.3 Å². The van der Waals surface area contributed by atoms with E-state index in [1.54, 1.807) is 12.4 Å². The summed E-state index contributed by atoms with van der Waals surface area (Å²) in [5.74, 6) is 0.366. The first-order valence-corrected chi connectivity index (χ1v) is 9.25. The third-order valence-corrected chi connectivity index (χ3v) is 5.54. The van der Waals surface area contributed by atoms with Crippen LogP contribution in [-0.4, -0.2) is 43.0 Å². The maximum Gasteiger partial charge on any atom is 0.243 e. The van der Waals surface area contributed by atoms with Crippen LogP contribution in [-0.2, 0) is 10.0 Å². The zero-order valence-electron chi connectivity index (χ0n) is 13.2. The van der Waals surface area contributed by atoms with Crippen LogP contribution in [0.5, 0.6) is 0 Å². The van der Waals surface area contributed by atoms with Gasteiger partial charge in [-0.05, 0) is 30.9 Å². The quantitative estimate of drug-likeness (QED) is 0.815. The summed E-state index contributed by atoms with van der Waals surface area (Å²) in [6.07, 6.45) is 7.87. The van der Waals surface area contributed by atoms with Gasteiger partial charge in [0.05, 0.1) is 12.4 Å². The Balaban J connectivity index is 1.52. The number of rotatable bonds is 5. The lowest BCUT2D eigenvalue weighted by Gasteiger charge is -2.33. The van der Waals surface area contributed by atoms with Gasteiger partial charge in [0, 0.05) is 37.7 Å². The van der Waals surface area contributed by atoms with Gasteiger partial charge in [-0.2, -0.15) is 0 Å². The highest BCUT2D eigenvalue weighted by atomic mass is 32.2. The van der Waals surface area contributed by atoms with E-state index in [0.717, 1.165) is 31.6 Å². The van der Waals surface area contributed by atoms with E-state index in [1.807, 2.05) is 12.1 Å². The van der Waals surface area contributed by atoms with Gasteiger partial charge in [-0.1, -0.05) is 0 Å². The zero-order chi connectivity index (χ0) is 17.0. The van der Waals surface area contributed by atoms with Crippen molar-refractivity contribution in [3.05, 3.63) is 36.9 Å². The van der Waals surface area contributed by atoms with Crippen LogP contribution >= 0.6 is 0 Å².